The van der Waals surface area contributed by atoms with Crippen LogP contribution in [-0.4, -0.2) is 61.9 Å². The summed E-state index contributed by atoms with van der Waals surface area (Å²) in [6.45, 7) is 3.26. The molecule has 1 heterocycles. The molecule has 0 unspecified atom stereocenters. The Morgan fingerprint density at radius 1 is 1.19 bits per heavy atom. The van der Waals surface area contributed by atoms with Gasteiger partial charge in [0.2, 0.25) is 0 Å². The third kappa shape index (κ3) is 6.31. The summed E-state index contributed by atoms with van der Waals surface area (Å²) in [5.41, 5.74) is 0.349. The average molecular weight is 363 g/mol. The number of nitrogens with zero attached hydrogens (tertiary/aromatic N) is 1. The lowest BCUT2D eigenvalue weighted by molar-refractivity contribution is -0.154. The lowest BCUT2D eigenvalue weighted by Crippen LogP contribution is -2.49. The molecule has 1 aliphatic rings. The van der Waals surface area contributed by atoms with Crippen LogP contribution in [0.25, 0.3) is 0 Å². The van der Waals surface area contributed by atoms with Crippen molar-refractivity contribution in [1.29, 1.82) is 0 Å². The first kappa shape index (κ1) is 20.2. The summed E-state index contributed by atoms with van der Waals surface area (Å²) in [6, 6.07) is 9.92. The number of carbonyl (C=O) groups is 2. The van der Waals surface area contributed by atoms with Gasteiger partial charge >= 0.3 is 12.0 Å². The molecule has 0 saturated carbocycles. The van der Waals surface area contributed by atoms with Crippen LogP contribution in [0.1, 0.15) is 24.8 Å². The molecule has 1 saturated heterocycles. The molecular formula is C19H29N3O4. The molecule has 1 aromatic carbocycles. The molecule has 144 valence electrons. The molecule has 0 aliphatic carbocycles. The topological polar surface area (TPSA) is 90.9 Å². The molecular weight excluding hydrogens is 334 g/mol. The van der Waals surface area contributed by atoms with Crippen LogP contribution in [0, 0.1) is 5.41 Å². The average Bonchev–Trinajstić information content (AvgIpc) is 2.65. The van der Waals surface area contributed by atoms with Crippen molar-refractivity contribution in [2.45, 2.75) is 25.8 Å². The van der Waals surface area contributed by atoms with Crippen molar-refractivity contribution in [3.8, 4) is 0 Å². The number of carbonyl (C=O) groups excluding carboxylic acids is 1. The van der Waals surface area contributed by atoms with Crippen LogP contribution in [0.15, 0.2) is 30.3 Å². The minimum absolute atomic E-state index is 0.130. The number of benzene rings is 1. The fourth-order valence-corrected chi connectivity index (χ4v) is 3.07. The Labute approximate surface area is 154 Å². The van der Waals surface area contributed by atoms with Crippen molar-refractivity contribution in [3.63, 3.8) is 0 Å². The van der Waals surface area contributed by atoms with Crippen molar-refractivity contribution < 1.29 is 19.4 Å². The zero-order valence-electron chi connectivity index (χ0n) is 15.4. The summed E-state index contributed by atoms with van der Waals surface area (Å²) >= 11 is 0. The Bertz CT molecular complexity index is 573. The highest BCUT2D eigenvalue weighted by molar-refractivity contribution is 5.78. The molecule has 2 amide bonds. The van der Waals surface area contributed by atoms with Gasteiger partial charge < -0.3 is 25.4 Å². The van der Waals surface area contributed by atoms with Crippen LogP contribution < -0.4 is 10.6 Å². The van der Waals surface area contributed by atoms with Crippen LogP contribution >= 0.6 is 0 Å². The Balaban J connectivity index is 1.62. The number of amides is 2. The molecule has 1 fully saturated rings. The van der Waals surface area contributed by atoms with Gasteiger partial charge in [0, 0.05) is 32.8 Å². The molecule has 7 heteroatoms. The zero-order valence-corrected chi connectivity index (χ0v) is 15.4. The van der Waals surface area contributed by atoms with Crippen molar-refractivity contribution >= 4 is 12.0 Å². The first-order chi connectivity index (χ1) is 12.5. The smallest absolute Gasteiger partial charge is 0.314 e. The molecule has 3 N–H and O–H groups in total. The molecule has 0 spiro atoms. The molecule has 2 rings (SSSR count). The molecule has 26 heavy (non-hydrogen) atoms. The van der Waals surface area contributed by atoms with E-state index in [1.54, 1.807) is 0 Å². The van der Waals surface area contributed by atoms with Crippen molar-refractivity contribution in [1.82, 2.24) is 15.5 Å². The van der Waals surface area contributed by atoms with Crippen LogP contribution in [0.2, 0.25) is 0 Å². The van der Waals surface area contributed by atoms with Gasteiger partial charge in [-0.1, -0.05) is 30.3 Å². The maximum Gasteiger partial charge on any atom is 0.314 e. The van der Waals surface area contributed by atoms with Crippen LogP contribution in [0.4, 0.5) is 4.79 Å². The summed E-state index contributed by atoms with van der Waals surface area (Å²) in [5, 5.41) is 15.0. The van der Waals surface area contributed by atoms with Gasteiger partial charge in [-0.15, -0.1) is 0 Å². The monoisotopic (exact) mass is 363 g/mol. The highest BCUT2D eigenvalue weighted by atomic mass is 16.5. The van der Waals surface area contributed by atoms with E-state index in [4.69, 9.17) is 4.74 Å². The fraction of sp³-hybridized carbons (Fsp3) is 0.579. The van der Waals surface area contributed by atoms with E-state index in [1.165, 1.54) is 5.56 Å². The molecule has 0 bridgehead atoms. The number of urea groups is 1. The number of carboxylic acid groups (broad SMARTS) is 1. The Hall–Kier alpha value is -2.12. The van der Waals surface area contributed by atoms with Crippen molar-refractivity contribution in [2.24, 2.45) is 5.41 Å². The third-order valence-electron chi connectivity index (χ3n) is 4.79. The molecule has 0 radical (unpaired) electrons. The lowest BCUT2D eigenvalue weighted by Gasteiger charge is -2.33. The predicted octanol–water partition coefficient (Wildman–Crippen LogP) is 1.69. The maximum atomic E-state index is 11.9. The van der Waals surface area contributed by atoms with Gasteiger partial charge in [-0.25, -0.2) is 4.79 Å². The molecule has 1 aliphatic heterocycles. The van der Waals surface area contributed by atoms with Gasteiger partial charge in [-0.3, -0.25) is 4.79 Å². The third-order valence-corrected chi connectivity index (χ3v) is 4.79. The van der Waals surface area contributed by atoms with Gasteiger partial charge in [0.15, 0.2) is 0 Å². The number of carboxylic acids is 1. The van der Waals surface area contributed by atoms with Crippen LogP contribution in [0.3, 0.4) is 0 Å². The molecule has 1 aromatic rings. The minimum Gasteiger partial charge on any atom is -0.481 e. The standard InChI is InChI=1S/C19H29N3O4/c1-22(14-16-6-3-2-4-7-16)11-5-10-20-18(25)21-15-19(17(23)24)8-12-26-13-9-19/h2-4,6-7H,5,8-15H2,1H3,(H,23,24)(H2,20,21,25). The first-order valence-electron chi connectivity index (χ1n) is 9.07. The van der Waals surface area contributed by atoms with E-state index in [2.05, 4.69) is 34.7 Å². The summed E-state index contributed by atoms with van der Waals surface area (Å²) in [4.78, 5) is 25.7. The number of hydrogen-bond acceptors (Lipinski definition) is 4. The second-order valence-electron chi connectivity index (χ2n) is 6.88. The highest BCUT2D eigenvalue weighted by Gasteiger charge is 2.40. The largest absolute Gasteiger partial charge is 0.481 e. The molecule has 7 nitrogen and oxygen atoms in total. The van der Waals surface area contributed by atoms with E-state index >= 15 is 0 Å². The molecule has 0 aromatic heterocycles. The van der Waals surface area contributed by atoms with E-state index < -0.39 is 11.4 Å². The Kier molecular flexibility index (Phi) is 7.87. The van der Waals surface area contributed by atoms with Crippen LogP contribution in [0.5, 0.6) is 0 Å². The van der Waals surface area contributed by atoms with E-state index in [-0.39, 0.29) is 12.6 Å². The highest BCUT2D eigenvalue weighted by Crippen LogP contribution is 2.29. The molecule has 0 atom stereocenters. The summed E-state index contributed by atoms with van der Waals surface area (Å²) in [5.74, 6) is -0.872. The Morgan fingerprint density at radius 2 is 1.88 bits per heavy atom. The Morgan fingerprint density at radius 3 is 2.54 bits per heavy atom. The minimum atomic E-state index is -0.911. The number of rotatable bonds is 9. The van der Waals surface area contributed by atoms with Gasteiger partial charge in [-0.05, 0) is 38.4 Å². The van der Waals surface area contributed by atoms with Gasteiger partial charge in [0.05, 0.1) is 5.41 Å². The van der Waals surface area contributed by atoms with Gasteiger partial charge in [-0.2, -0.15) is 0 Å². The van der Waals surface area contributed by atoms with E-state index in [0.717, 1.165) is 19.5 Å². The second kappa shape index (κ2) is 10.1. The quantitative estimate of drug-likeness (QED) is 0.581. The van der Waals surface area contributed by atoms with Gasteiger partial charge in [0.1, 0.15) is 0 Å². The first-order valence-corrected chi connectivity index (χ1v) is 9.07. The van der Waals surface area contributed by atoms with Crippen molar-refractivity contribution in [3.05, 3.63) is 35.9 Å². The summed E-state index contributed by atoms with van der Waals surface area (Å²) in [6.07, 6.45) is 1.68. The van der Waals surface area contributed by atoms with E-state index in [1.807, 2.05) is 18.2 Å². The number of hydrogen-bond donors (Lipinski definition) is 3. The second-order valence-corrected chi connectivity index (χ2v) is 6.88. The maximum absolute atomic E-state index is 11.9. The van der Waals surface area contributed by atoms with E-state index in [0.29, 0.717) is 32.6 Å². The number of aliphatic carboxylic acids is 1. The van der Waals surface area contributed by atoms with Crippen LogP contribution in [-0.2, 0) is 16.1 Å². The normalized spacial score (nSPS) is 16.2. The predicted molar refractivity (Wildman–Crippen MR) is 98.9 cm³/mol. The number of ether oxygens (including phenoxy) is 1. The summed E-state index contributed by atoms with van der Waals surface area (Å²) < 4.78 is 5.23. The SMILES string of the molecule is CN(CCCNC(=O)NCC1(C(=O)O)CCOCC1)Cc1ccccc1. The van der Waals surface area contributed by atoms with Gasteiger partial charge in [0.25, 0.3) is 0 Å². The lowest BCUT2D eigenvalue weighted by atomic mass is 9.80. The fourth-order valence-electron chi connectivity index (χ4n) is 3.07. The summed E-state index contributed by atoms with van der Waals surface area (Å²) in [7, 11) is 2.05. The van der Waals surface area contributed by atoms with E-state index in [9.17, 15) is 14.7 Å². The van der Waals surface area contributed by atoms with Crippen molar-refractivity contribution in [2.75, 3.05) is 39.9 Å². The zero-order chi connectivity index (χ0) is 18.8. The number of nitrogens with one attached hydrogen (secondary N) is 2.